The molecule has 5 aromatic rings. The number of aliphatic hydroxyl groups is 1. The highest BCUT2D eigenvalue weighted by Crippen LogP contribution is 2.38. The normalized spacial score (nSPS) is 16.6. The SMILES string of the molecule is CN(CCc1ccccn1)CC1CC(c2ccc(CO)cc2)OC(c2ccc(-c3cccc(CNC(=O)CCCCCCC(=O)Nc4ccccc4N)c3)cc2)O1. The first kappa shape index (κ1) is 41.2. The fourth-order valence-electron chi connectivity index (χ4n) is 7.05. The molecule has 0 saturated carbocycles. The lowest BCUT2D eigenvalue weighted by molar-refractivity contribution is -0.252. The van der Waals surface area contributed by atoms with E-state index < -0.39 is 6.29 Å². The van der Waals surface area contributed by atoms with Crippen LogP contribution in [0.4, 0.5) is 11.4 Å². The third-order valence-electron chi connectivity index (χ3n) is 10.3. The molecule has 10 nitrogen and oxygen atoms in total. The van der Waals surface area contributed by atoms with Crippen molar-refractivity contribution >= 4 is 23.2 Å². The highest BCUT2D eigenvalue weighted by atomic mass is 16.7. The van der Waals surface area contributed by atoms with Crippen LogP contribution in [0, 0.1) is 0 Å². The summed E-state index contributed by atoms with van der Waals surface area (Å²) in [5.41, 5.74) is 14.2. The molecule has 1 saturated heterocycles. The third kappa shape index (κ3) is 12.8. The summed E-state index contributed by atoms with van der Waals surface area (Å²) in [7, 11) is 2.12. The Morgan fingerprint density at radius 3 is 2.26 bits per heavy atom. The number of rotatable bonds is 19. The van der Waals surface area contributed by atoms with Gasteiger partial charge in [0.25, 0.3) is 0 Å². The molecule has 0 spiro atoms. The van der Waals surface area contributed by atoms with Crippen LogP contribution in [-0.4, -0.2) is 53.0 Å². The number of para-hydroxylation sites is 2. The van der Waals surface area contributed by atoms with Crippen molar-refractivity contribution < 1.29 is 24.2 Å². The number of hydrogen-bond acceptors (Lipinski definition) is 8. The molecule has 1 aromatic heterocycles. The smallest absolute Gasteiger partial charge is 0.224 e. The Morgan fingerprint density at radius 1 is 0.789 bits per heavy atom. The van der Waals surface area contributed by atoms with Gasteiger partial charge in [-0.05, 0) is 78.0 Å². The Bertz CT molecular complexity index is 2010. The number of carbonyl (C=O) groups is 2. The Balaban J connectivity index is 0.980. The number of amides is 2. The lowest BCUT2D eigenvalue weighted by atomic mass is 9.99. The molecule has 1 aliphatic rings. The zero-order valence-corrected chi connectivity index (χ0v) is 32.8. The summed E-state index contributed by atoms with van der Waals surface area (Å²) in [4.78, 5) is 31.6. The molecule has 1 fully saturated rings. The van der Waals surface area contributed by atoms with Gasteiger partial charge in [0.1, 0.15) is 0 Å². The number of unbranched alkanes of at least 4 members (excludes halogenated alkanes) is 3. The predicted octanol–water partition coefficient (Wildman–Crippen LogP) is 8.14. The summed E-state index contributed by atoms with van der Waals surface area (Å²) in [6, 6.07) is 37.8. The molecule has 298 valence electrons. The molecule has 57 heavy (non-hydrogen) atoms. The maximum Gasteiger partial charge on any atom is 0.224 e. The minimum absolute atomic E-state index is 0.00329. The molecule has 3 unspecified atom stereocenters. The van der Waals surface area contributed by atoms with E-state index in [4.69, 9.17) is 15.2 Å². The van der Waals surface area contributed by atoms with Crippen LogP contribution in [-0.2, 0) is 38.6 Å². The molecular weight excluding hydrogens is 715 g/mol. The molecule has 4 aromatic carbocycles. The molecule has 5 N–H and O–H groups in total. The number of ether oxygens (including phenoxy) is 2. The average molecular weight is 770 g/mol. The van der Waals surface area contributed by atoms with E-state index in [0.717, 1.165) is 90.7 Å². The monoisotopic (exact) mass is 769 g/mol. The third-order valence-corrected chi connectivity index (χ3v) is 10.3. The Kier molecular flexibility index (Phi) is 15.4. The first-order chi connectivity index (χ1) is 27.8. The van der Waals surface area contributed by atoms with Crippen LogP contribution in [0.25, 0.3) is 11.1 Å². The number of nitrogen functional groups attached to an aromatic ring is 1. The van der Waals surface area contributed by atoms with Crippen molar-refractivity contribution in [1.82, 2.24) is 15.2 Å². The van der Waals surface area contributed by atoms with Crippen LogP contribution in [0.1, 0.15) is 85.3 Å². The maximum atomic E-state index is 12.6. The van der Waals surface area contributed by atoms with Gasteiger partial charge >= 0.3 is 0 Å². The molecule has 2 amide bonds. The van der Waals surface area contributed by atoms with Gasteiger partial charge in [-0.2, -0.15) is 0 Å². The first-order valence-electron chi connectivity index (χ1n) is 20.0. The van der Waals surface area contributed by atoms with Gasteiger partial charge in [-0.25, -0.2) is 0 Å². The number of pyridine rings is 1. The maximum absolute atomic E-state index is 12.6. The van der Waals surface area contributed by atoms with E-state index in [2.05, 4.69) is 70.0 Å². The van der Waals surface area contributed by atoms with Crippen LogP contribution >= 0.6 is 0 Å². The van der Waals surface area contributed by atoms with E-state index in [-0.39, 0.29) is 30.6 Å². The number of aromatic nitrogens is 1. The summed E-state index contributed by atoms with van der Waals surface area (Å²) >= 11 is 0. The Morgan fingerprint density at radius 2 is 1.53 bits per heavy atom. The van der Waals surface area contributed by atoms with Crippen LogP contribution in [0.2, 0.25) is 0 Å². The van der Waals surface area contributed by atoms with Gasteiger partial charge < -0.3 is 35.8 Å². The average Bonchev–Trinajstić information content (AvgIpc) is 3.24. The summed E-state index contributed by atoms with van der Waals surface area (Å²) in [6.07, 6.45) is 6.87. The Labute approximate surface area is 336 Å². The number of nitrogens with zero attached hydrogens (tertiary/aromatic N) is 2. The number of nitrogens with two attached hydrogens (primary N) is 1. The summed E-state index contributed by atoms with van der Waals surface area (Å²) in [5.74, 6) is -0.0251. The standard InChI is InChI=1S/C47H55N5O5/c1-52(28-26-40-13-8-9-27-49-40)32-41-30-44(37-20-18-34(33-53)19-21-37)57-47(56-41)38-24-22-36(23-25-38)39-12-10-11-35(29-39)31-50-45(54)16-4-2-3-5-17-46(55)51-43-15-7-6-14-42(43)48/h6-15,18-25,27,29,41,44,47,53H,2-5,16-17,26,28,30-33,48H2,1H3,(H,50,54)(H,51,55). The van der Waals surface area contributed by atoms with E-state index in [1.54, 1.807) is 12.1 Å². The molecule has 0 aliphatic carbocycles. The van der Waals surface area contributed by atoms with Crippen LogP contribution < -0.4 is 16.4 Å². The lowest BCUT2D eigenvalue weighted by Crippen LogP contribution is -2.38. The molecule has 6 rings (SSSR count). The summed E-state index contributed by atoms with van der Waals surface area (Å²) < 4.78 is 13.2. The summed E-state index contributed by atoms with van der Waals surface area (Å²) in [5, 5.41) is 15.5. The number of nitrogens with one attached hydrogen (secondary N) is 2. The number of aliphatic hydroxyl groups excluding tert-OH is 1. The topological polar surface area (TPSA) is 139 Å². The number of likely N-dealkylation sites (N-methyl/N-ethyl adjacent to an activating group) is 1. The van der Waals surface area contributed by atoms with E-state index in [1.165, 1.54) is 0 Å². The van der Waals surface area contributed by atoms with Crippen molar-refractivity contribution in [3.63, 3.8) is 0 Å². The van der Waals surface area contributed by atoms with Crippen molar-refractivity contribution in [2.75, 3.05) is 31.2 Å². The van der Waals surface area contributed by atoms with Gasteiger partial charge in [-0.3, -0.25) is 14.6 Å². The van der Waals surface area contributed by atoms with Crippen LogP contribution in [0.5, 0.6) is 0 Å². The molecular formula is C47H55N5O5. The molecule has 0 radical (unpaired) electrons. The number of carbonyl (C=O) groups excluding carboxylic acids is 2. The van der Waals surface area contributed by atoms with Gasteiger partial charge in [-0.15, -0.1) is 0 Å². The van der Waals surface area contributed by atoms with Crippen molar-refractivity contribution in [3.05, 3.63) is 149 Å². The quantitative estimate of drug-likeness (QED) is 0.0488. The molecule has 1 aliphatic heterocycles. The highest BCUT2D eigenvalue weighted by molar-refractivity contribution is 5.93. The molecule has 10 heteroatoms. The number of anilines is 2. The fraction of sp³-hybridized carbons (Fsp3) is 0.340. The molecule has 3 atom stereocenters. The Hall–Kier alpha value is -5.39. The zero-order valence-electron chi connectivity index (χ0n) is 32.8. The lowest BCUT2D eigenvalue weighted by Gasteiger charge is -2.38. The van der Waals surface area contributed by atoms with E-state index in [1.807, 2.05) is 66.9 Å². The zero-order chi connectivity index (χ0) is 39.8. The second-order valence-corrected chi connectivity index (χ2v) is 14.8. The van der Waals surface area contributed by atoms with E-state index in [9.17, 15) is 14.7 Å². The van der Waals surface area contributed by atoms with Gasteiger partial charge in [0, 0.05) is 62.8 Å². The van der Waals surface area contributed by atoms with Crippen molar-refractivity contribution in [2.24, 2.45) is 0 Å². The number of hydrogen-bond donors (Lipinski definition) is 4. The molecule has 2 heterocycles. The number of benzene rings is 4. The van der Waals surface area contributed by atoms with E-state index in [0.29, 0.717) is 30.8 Å². The van der Waals surface area contributed by atoms with Crippen molar-refractivity contribution in [3.8, 4) is 11.1 Å². The minimum Gasteiger partial charge on any atom is -0.397 e. The van der Waals surface area contributed by atoms with Gasteiger partial charge in [0.05, 0.1) is 30.2 Å². The van der Waals surface area contributed by atoms with Crippen LogP contribution in [0.15, 0.2) is 121 Å². The second kappa shape index (κ2) is 21.2. The highest BCUT2D eigenvalue weighted by Gasteiger charge is 2.32. The van der Waals surface area contributed by atoms with Crippen LogP contribution in [0.3, 0.4) is 0 Å². The van der Waals surface area contributed by atoms with E-state index >= 15 is 0 Å². The predicted molar refractivity (Wildman–Crippen MR) is 225 cm³/mol. The minimum atomic E-state index is -0.537. The second-order valence-electron chi connectivity index (χ2n) is 14.8. The summed E-state index contributed by atoms with van der Waals surface area (Å²) in [6.45, 7) is 2.08. The van der Waals surface area contributed by atoms with Crippen molar-refractivity contribution in [2.45, 2.75) is 83.0 Å². The first-order valence-corrected chi connectivity index (χ1v) is 20.0. The largest absolute Gasteiger partial charge is 0.397 e. The van der Waals surface area contributed by atoms with Gasteiger partial charge in [-0.1, -0.05) is 97.8 Å². The fourth-order valence-corrected chi connectivity index (χ4v) is 7.05. The van der Waals surface area contributed by atoms with Crippen molar-refractivity contribution in [1.29, 1.82) is 0 Å². The van der Waals surface area contributed by atoms with Gasteiger partial charge in [0.2, 0.25) is 11.8 Å². The molecule has 0 bridgehead atoms. The van der Waals surface area contributed by atoms with Gasteiger partial charge in [0.15, 0.2) is 6.29 Å².